The molecule has 0 saturated carbocycles. The molecule has 5 heteroatoms. The highest BCUT2D eigenvalue weighted by Gasteiger charge is 2.35. The van der Waals surface area contributed by atoms with E-state index in [9.17, 15) is 9.59 Å². The predicted octanol–water partition coefficient (Wildman–Crippen LogP) is 0.760. The third kappa shape index (κ3) is 1.74. The molecule has 0 fully saturated rings. The van der Waals surface area contributed by atoms with Gasteiger partial charge < -0.3 is 0 Å². The Kier molecular flexibility index (Phi) is 2.90. The van der Waals surface area contributed by atoms with Crippen molar-refractivity contribution in [3.05, 3.63) is 41.5 Å². The van der Waals surface area contributed by atoms with Crippen molar-refractivity contribution in [3.63, 3.8) is 0 Å². The number of benzene rings is 1. The van der Waals surface area contributed by atoms with E-state index >= 15 is 0 Å². The predicted molar refractivity (Wildman–Crippen MR) is 61.2 cm³/mol. The molecule has 0 spiro atoms. The van der Waals surface area contributed by atoms with Gasteiger partial charge in [-0.15, -0.1) is 0 Å². The van der Waals surface area contributed by atoms with Crippen LogP contribution < -0.4 is 5.32 Å². The van der Waals surface area contributed by atoms with Crippen LogP contribution in [0.3, 0.4) is 0 Å². The first kappa shape index (κ1) is 11.6. The van der Waals surface area contributed by atoms with E-state index in [-0.39, 0.29) is 11.1 Å². The van der Waals surface area contributed by atoms with Crippen LogP contribution in [0.15, 0.2) is 35.9 Å². The van der Waals surface area contributed by atoms with Crippen molar-refractivity contribution in [2.24, 2.45) is 5.92 Å². The maximum atomic E-state index is 11.6. The zero-order valence-corrected chi connectivity index (χ0v) is 9.18. The van der Waals surface area contributed by atoms with E-state index in [1.807, 2.05) is 11.4 Å². The number of rotatable bonds is 1. The lowest BCUT2D eigenvalue weighted by Gasteiger charge is -2.20. The van der Waals surface area contributed by atoms with Crippen LogP contribution in [0.2, 0.25) is 0 Å². The number of hydrogen-bond donors (Lipinski definition) is 1. The molecule has 0 radical (unpaired) electrons. The highest BCUT2D eigenvalue weighted by molar-refractivity contribution is 6.19. The van der Waals surface area contributed by atoms with Crippen molar-refractivity contribution in [3.8, 4) is 12.1 Å². The monoisotopic (exact) mass is 237 g/mol. The minimum Gasteiger partial charge on any atom is -0.290 e. The Hall–Kier alpha value is -2.92. The maximum Gasteiger partial charge on any atom is 0.268 e. The van der Waals surface area contributed by atoms with Gasteiger partial charge in [-0.3, -0.25) is 14.9 Å². The van der Waals surface area contributed by atoms with Gasteiger partial charge in [-0.2, -0.15) is 10.5 Å². The fraction of sp³-hybridized carbons (Fsp3) is 0.0769. The average molecular weight is 237 g/mol. The van der Waals surface area contributed by atoms with Crippen LogP contribution >= 0.6 is 0 Å². The van der Waals surface area contributed by atoms with Crippen LogP contribution in [0, 0.1) is 28.6 Å². The molecular formula is C13H7N3O2. The van der Waals surface area contributed by atoms with E-state index in [4.69, 9.17) is 10.5 Å². The molecule has 5 nitrogen and oxygen atoms in total. The van der Waals surface area contributed by atoms with E-state index in [0.29, 0.717) is 5.56 Å². The van der Waals surface area contributed by atoms with Gasteiger partial charge in [0.1, 0.15) is 11.6 Å². The Morgan fingerprint density at radius 1 is 1.11 bits per heavy atom. The Bertz CT molecular complexity index is 632. The Morgan fingerprint density at radius 2 is 1.78 bits per heavy atom. The summed E-state index contributed by atoms with van der Waals surface area (Å²) in [6.45, 7) is 0. The van der Waals surface area contributed by atoms with E-state index in [2.05, 4.69) is 0 Å². The van der Waals surface area contributed by atoms with Crippen molar-refractivity contribution in [2.45, 2.75) is 0 Å². The van der Waals surface area contributed by atoms with E-state index in [1.165, 1.54) is 0 Å². The molecule has 18 heavy (non-hydrogen) atoms. The highest BCUT2D eigenvalue weighted by atomic mass is 16.2. The largest absolute Gasteiger partial charge is 0.290 e. The molecule has 0 aromatic heterocycles. The molecule has 0 bridgehead atoms. The molecule has 0 aliphatic carbocycles. The zero-order valence-electron chi connectivity index (χ0n) is 9.18. The lowest BCUT2D eigenvalue weighted by atomic mass is 9.86. The zero-order chi connectivity index (χ0) is 13.1. The van der Waals surface area contributed by atoms with Crippen molar-refractivity contribution >= 4 is 17.4 Å². The van der Waals surface area contributed by atoms with Crippen molar-refractivity contribution in [1.29, 1.82) is 10.5 Å². The number of nitriles is 2. The van der Waals surface area contributed by atoms with Crippen LogP contribution in [-0.4, -0.2) is 11.8 Å². The smallest absolute Gasteiger partial charge is 0.268 e. The molecule has 1 aliphatic rings. The van der Waals surface area contributed by atoms with Crippen LogP contribution in [0.4, 0.5) is 0 Å². The molecule has 86 valence electrons. The van der Waals surface area contributed by atoms with Crippen molar-refractivity contribution < 1.29 is 9.59 Å². The minimum absolute atomic E-state index is 0.175. The average Bonchev–Trinajstić information content (AvgIpc) is 2.39. The summed E-state index contributed by atoms with van der Waals surface area (Å²) in [6.07, 6.45) is 0. The van der Waals surface area contributed by atoms with Gasteiger partial charge in [0.2, 0.25) is 5.91 Å². The third-order valence-electron chi connectivity index (χ3n) is 2.61. The van der Waals surface area contributed by atoms with Gasteiger partial charge in [-0.05, 0) is 5.56 Å². The van der Waals surface area contributed by atoms with Gasteiger partial charge in [0.25, 0.3) is 5.91 Å². The standard InChI is InChI=1S/C13H7N3O2/c14-6-9-11(8-4-2-1-3-5-8)10(7-15)13(18)16-12(9)17/h1-5,9H,(H,16,17,18). The number of imide groups is 1. The quantitative estimate of drug-likeness (QED) is 0.729. The number of nitrogens with one attached hydrogen (secondary N) is 1. The van der Waals surface area contributed by atoms with Gasteiger partial charge in [-0.1, -0.05) is 30.3 Å². The summed E-state index contributed by atoms with van der Waals surface area (Å²) in [5.41, 5.74) is 0.519. The first-order valence-corrected chi connectivity index (χ1v) is 5.13. The highest BCUT2D eigenvalue weighted by Crippen LogP contribution is 2.29. The molecule has 2 rings (SSSR count). The second-order valence-electron chi connectivity index (χ2n) is 3.65. The fourth-order valence-corrected chi connectivity index (χ4v) is 1.81. The first-order valence-electron chi connectivity index (χ1n) is 5.13. The minimum atomic E-state index is -1.14. The SMILES string of the molecule is N#CC1=C(c2ccccc2)C(C#N)C(=O)NC1=O. The first-order chi connectivity index (χ1) is 8.69. The van der Waals surface area contributed by atoms with Gasteiger partial charge in [0.15, 0.2) is 5.92 Å². The van der Waals surface area contributed by atoms with Gasteiger partial charge in [0.05, 0.1) is 6.07 Å². The molecule has 1 unspecified atom stereocenters. The third-order valence-corrected chi connectivity index (χ3v) is 2.61. The Morgan fingerprint density at radius 3 is 2.33 bits per heavy atom. The summed E-state index contributed by atoms with van der Waals surface area (Å²) in [5, 5.41) is 20.0. The molecule has 0 saturated heterocycles. The van der Waals surface area contributed by atoms with Gasteiger partial charge in [-0.25, -0.2) is 0 Å². The van der Waals surface area contributed by atoms with Crippen molar-refractivity contribution in [2.75, 3.05) is 0 Å². The molecule has 1 atom stereocenters. The van der Waals surface area contributed by atoms with Crippen LogP contribution in [0.25, 0.3) is 5.57 Å². The van der Waals surface area contributed by atoms with Crippen LogP contribution in [0.1, 0.15) is 5.56 Å². The van der Waals surface area contributed by atoms with Crippen molar-refractivity contribution in [1.82, 2.24) is 5.32 Å². The molecule has 2 amide bonds. The van der Waals surface area contributed by atoms with Gasteiger partial charge >= 0.3 is 0 Å². The summed E-state index contributed by atoms with van der Waals surface area (Å²) in [6, 6.07) is 12.1. The fourth-order valence-electron chi connectivity index (χ4n) is 1.81. The number of nitrogens with zero attached hydrogens (tertiary/aromatic N) is 2. The molecule has 1 aromatic carbocycles. The van der Waals surface area contributed by atoms with E-state index in [0.717, 1.165) is 0 Å². The summed E-state index contributed by atoms with van der Waals surface area (Å²) in [7, 11) is 0. The number of carbonyl (C=O) groups excluding carboxylic acids is 2. The second-order valence-corrected chi connectivity index (χ2v) is 3.65. The molecule has 1 aliphatic heterocycles. The Balaban J connectivity index is 2.71. The maximum absolute atomic E-state index is 11.6. The summed E-state index contributed by atoms with van der Waals surface area (Å²) in [5.74, 6) is -2.59. The molecule has 1 N–H and O–H groups in total. The molecular weight excluding hydrogens is 230 g/mol. The van der Waals surface area contributed by atoms with Gasteiger partial charge in [0, 0.05) is 5.57 Å². The normalized spacial score (nSPS) is 18.9. The van der Waals surface area contributed by atoms with E-state index in [1.54, 1.807) is 36.4 Å². The van der Waals surface area contributed by atoms with Crippen LogP contribution in [0.5, 0.6) is 0 Å². The Labute approximate surface area is 103 Å². The lowest BCUT2D eigenvalue weighted by molar-refractivity contribution is -0.129. The summed E-state index contributed by atoms with van der Waals surface area (Å²) >= 11 is 0. The number of amides is 2. The summed E-state index contributed by atoms with van der Waals surface area (Å²) < 4.78 is 0. The van der Waals surface area contributed by atoms with E-state index < -0.39 is 17.7 Å². The molecule has 1 heterocycles. The second kappa shape index (κ2) is 4.52. The van der Waals surface area contributed by atoms with Crippen LogP contribution in [-0.2, 0) is 9.59 Å². The number of hydrogen-bond acceptors (Lipinski definition) is 4. The summed E-state index contributed by atoms with van der Waals surface area (Å²) in [4.78, 5) is 23.1. The lowest BCUT2D eigenvalue weighted by Crippen LogP contribution is -2.41. The number of carbonyl (C=O) groups is 2. The molecule has 1 aromatic rings. The topological polar surface area (TPSA) is 93.8 Å².